The Balaban J connectivity index is 3.04. The van der Waals surface area contributed by atoms with Crippen LogP contribution in [0.2, 0.25) is 13.3 Å². The maximum atomic E-state index is 13.4. The molecule has 0 saturated heterocycles. The molecule has 0 aliphatic rings. The molecule has 1 rings (SSSR count). The summed E-state index contributed by atoms with van der Waals surface area (Å²) in [5.41, 5.74) is 1.10. The molecule has 0 unspecified atom stereocenters. The number of hydrogen-bond donors (Lipinski definition) is 1. The van der Waals surface area contributed by atoms with Gasteiger partial charge in [-0.3, -0.25) is 0 Å². The summed E-state index contributed by atoms with van der Waals surface area (Å²) in [7, 11) is -3.42. The molecule has 30 heavy (non-hydrogen) atoms. The van der Waals surface area contributed by atoms with Gasteiger partial charge in [0.2, 0.25) is 0 Å². The standard InChI is InChI=1S/C7H8NO2S.3C6H13.Sn/c1-6-2-4-7(5-3-6)11(8,9)10;3*1-3-5-6-4-2;/h2-5H,1H3,(H-,8,9,10);3*1,3-6H2,2H3;/q-1;;;;+1. The van der Waals surface area contributed by atoms with Crippen LogP contribution in [0, 0.1) is 6.92 Å². The van der Waals surface area contributed by atoms with Gasteiger partial charge < -0.3 is 0 Å². The molecule has 0 aliphatic carbocycles. The van der Waals surface area contributed by atoms with Crippen LogP contribution in [0.1, 0.15) is 103 Å². The van der Waals surface area contributed by atoms with E-state index in [1.807, 2.05) is 19.1 Å². The van der Waals surface area contributed by atoms with Gasteiger partial charge in [0.05, 0.1) is 0 Å². The molecule has 0 radical (unpaired) electrons. The number of rotatable bonds is 18. The molecule has 0 atom stereocenters. The van der Waals surface area contributed by atoms with Gasteiger partial charge in [0.15, 0.2) is 0 Å². The van der Waals surface area contributed by atoms with Crippen LogP contribution in [0.15, 0.2) is 29.2 Å². The Bertz CT molecular complexity index is 627. The number of unbranched alkanes of at least 4 members (excludes halogenated alkanes) is 9. The molecule has 1 aromatic carbocycles. The molecule has 0 saturated carbocycles. The first-order valence-corrected chi connectivity index (χ1v) is 21.5. The number of hydrogen-bond acceptors (Lipinski definition) is 2. The van der Waals surface area contributed by atoms with Crippen LogP contribution in [-0.4, -0.2) is 27.1 Å². The summed E-state index contributed by atoms with van der Waals surface area (Å²) in [6, 6.07) is 7.38. The molecular formula is C25H47NO2SSn. The van der Waals surface area contributed by atoms with Gasteiger partial charge in [-0.25, -0.2) is 0 Å². The molecule has 3 nitrogen and oxygen atoms in total. The third-order valence-electron chi connectivity index (χ3n) is 6.21. The first-order chi connectivity index (χ1) is 14.4. The van der Waals surface area contributed by atoms with Gasteiger partial charge in [-0.2, -0.15) is 0 Å². The predicted octanol–water partition coefficient (Wildman–Crippen LogP) is 7.96. The number of nitrogens with one attached hydrogen (secondary N) is 1. The van der Waals surface area contributed by atoms with Gasteiger partial charge in [-0.15, -0.1) is 0 Å². The molecule has 0 aromatic heterocycles. The Morgan fingerprint density at radius 2 is 1.07 bits per heavy atom. The maximum absolute atomic E-state index is 13.4. The van der Waals surface area contributed by atoms with Crippen LogP contribution in [0.5, 0.6) is 0 Å². The molecular weight excluding hydrogens is 497 g/mol. The number of aryl methyl sites for hydroxylation is 1. The normalized spacial score (nSPS) is 12.4. The fourth-order valence-corrected chi connectivity index (χ4v) is 24.3. The van der Waals surface area contributed by atoms with Crippen LogP contribution in [0.4, 0.5) is 0 Å². The molecule has 0 spiro atoms. The Kier molecular flexibility index (Phi) is 14.6. The molecule has 0 heterocycles. The zero-order valence-corrected chi connectivity index (χ0v) is 23.8. The van der Waals surface area contributed by atoms with E-state index in [4.69, 9.17) is 0 Å². The average Bonchev–Trinajstić information content (AvgIpc) is 2.72. The van der Waals surface area contributed by atoms with Crippen molar-refractivity contribution in [3.8, 4) is 0 Å². The van der Waals surface area contributed by atoms with Crippen molar-refractivity contribution in [3.63, 3.8) is 0 Å². The van der Waals surface area contributed by atoms with Crippen molar-refractivity contribution in [2.45, 2.75) is 123 Å². The van der Waals surface area contributed by atoms with E-state index in [0.29, 0.717) is 4.90 Å². The van der Waals surface area contributed by atoms with E-state index in [9.17, 15) is 8.42 Å². The molecule has 1 N–H and O–H groups in total. The summed E-state index contributed by atoms with van der Waals surface area (Å²) >= 11 is -3.04. The van der Waals surface area contributed by atoms with Crippen LogP contribution >= 0.6 is 0 Å². The van der Waals surface area contributed by atoms with Crippen molar-refractivity contribution in [3.05, 3.63) is 29.8 Å². The fourth-order valence-electron chi connectivity index (χ4n) is 4.26. The van der Waals surface area contributed by atoms with Gasteiger partial charge in [-0.1, -0.05) is 0 Å². The second-order valence-electron chi connectivity index (χ2n) is 9.13. The molecule has 0 amide bonds. The minimum atomic E-state index is -3.42. The van der Waals surface area contributed by atoms with E-state index < -0.39 is 28.7 Å². The second kappa shape index (κ2) is 15.7. The third kappa shape index (κ3) is 11.0. The Morgan fingerprint density at radius 1 is 0.667 bits per heavy atom. The Labute approximate surface area is 192 Å². The first-order valence-electron chi connectivity index (χ1n) is 12.5. The van der Waals surface area contributed by atoms with E-state index in [0.717, 1.165) is 18.9 Å². The topological polar surface area (TPSA) is 46.2 Å². The summed E-state index contributed by atoms with van der Waals surface area (Å²) < 4.78 is 33.7. The van der Waals surface area contributed by atoms with Crippen LogP contribution < -0.4 is 2.94 Å². The predicted molar refractivity (Wildman–Crippen MR) is 134 cm³/mol. The van der Waals surface area contributed by atoms with Crippen molar-refractivity contribution < 1.29 is 8.42 Å². The van der Waals surface area contributed by atoms with Crippen molar-refractivity contribution in [1.82, 2.24) is 2.94 Å². The van der Waals surface area contributed by atoms with Crippen LogP contribution in [0.3, 0.4) is 0 Å². The van der Waals surface area contributed by atoms with E-state index in [1.54, 1.807) is 12.1 Å². The Hall–Kier alpha value is -0.0713. The molecule has 1 aromatic rings. The van der Waals surface area contributed by atoms with Gasteiger partial charge in [-0.05, 0) is 0 Å². The van der Waals surface area contributed by atoms with Crippen molar-refractivity contribution in [1.29, 1.82) is 0 Å². The molecule has 0 aliphatic heterocycles. The zero-order valence-electron chi connectivity index (χ0n) is 20.1. The number of benzene rings is 1. The fraction of sp³-hybridized carbons (Fsp3) is 0.760. The van der Waals surface area contributed by atoms with Crippen molar-refractivity contribution >= 4 is 28.7 Å². The average molecular weight is 544 g/mol. The summed E-state index contributed by atoms with van der Waals surface area (Å²) in [5.74, 6) is 0. The van der Waals surface area contributed by atoms with Gasteiger partial charge in [0.1, 0.15) is 0 Å². The summed E-state index contributed by atoms with van der Waals surface area (Å²) in [6.07, 6.45) is 14.8. The quantitative estimate of drug-likeness (QED) is 0.151. The monoisotopic (exact) mass is 545 g/mol. The molecule has 5 heteroatoms. The minimum absolute atomic E-state index is 0.449. The SMILES string of the molecule is CCCCC[CH2][Sn]([CH2]CCCCC)([CH2]CCCCC)[NH]S(=O)(=O)c1ccc(C)cc1. The zero-order chi connectivity index (χ0) is 22.3. The molecule has 174 valence electrons. The number of sulfonamides is 1. The van der Waals surface area contributed by atoms with Gasteiger partial charge >= 0.3 is 193 Å². The van der Waals surface area contributed by atoms with E-state index in [1.165, 1.54) is 77.0 Å². The van der Waals surface area contributed by atoms with Gasteiger partial charge in [0, 0.05) is 0 Å². The molecule has 0 bridgehead atoms. The van der Waals surface area contributed by atoms with Crippen LogP contribution in [0.25, 0.3) is 0 Å². The second-order valence-corrected chi connectivity index (χ2v) is 24.2. The summed E-state index contributed by atoms with van der Waals surface area (Å²) in [6.45, 7) is 8.73. The van der Waals surface area contributed by atoms with Crippen LogP contribution in [-0.2, 0) is 10.0 Å². The van der Waals surface area contributed by atoms with Gasteiger partial charge in [0.25, 0.3) is 0 Å². The summed E-state index contributed by atoms with van der Waals surface area (Å²) in [5, 5.41) is 0. The van der Waals surface area contributed by atoms with E-state index in [-0.39, 0.29) is 0 Å². The third-order valence-corrected chi connectivity index (χ3v) is 25.0. The summed E-state index contributed by atoms with van der Waals surface area (Å²) in [4.78, 5) is 0.449. The Morgan fingerprint density at radius 3 is 1.43 bits per heavy atom. The van der Waals surface area contributed by atoms with Crippen molar-refractivity contribution in [2.75, 3.05) is 0 Å². The van der Waals surface area contributed by atoms with E-state index >= 15 is 0 Å². The van der Waals surface area contributed by atoms with E-state index in [2.05, 4.69) is 23.7 Å². The molecule has 0 fully saturated rings. The van der Waals surface area contributed by atoms with Crippen molar-refractivity contribution in [2.24, 2.45) is 0 Å². The first kappa shape index (κ1) is 28.0.